The smallest absolute Gasteiger partial charge is 0.335 e. The molecule has 1 aliphatic heterocycles. The van der Waals surface area contributed by atoms with E-state index in [1.807, 2.05) is 0 Å². The van der Waals surface area contributed by atoms with E-state index >= 15 is 0 Å². The van der Waals surface area contributed by atoms with Crippen LogP contribution >= 0.6 is 11.6 Å². The van der Waals surface area contributed by atoms with Crippen molar-refractivity contribution in [3.05, 3.63) is 46.5 Å². The summed E-state index contributed by atoms with van der Waals surface area (Å²) in [7, 11) is 1.45. The topological polar surface area (TPSA) is 105 Å². The van der Waals surface area contributed by atoms with Crippen LogP contribution in [0.2, 0.25) is 5.02 Å². The van der Waals surface area contributed by atoms with Crippen molar-refractivity contribution < 1.29 is 29.0 Å². The Labute approximate surface area is 172 Å². The second-order valence-corrected chi connectivity index (χ2v) is 6.93. The highest BCUT2D eigenvalue weighted by molar-refractivity contribution is 6.31. The van der Waals surface area contributed by atoms with E-state index in [0.29, 0.717) is 22.2 Å². The normalized spacial score (nSPS) is 15.4. The average Bonchev–Trinajstić information content (AvgIpc) is 2.67. The number of rotatable bonds is 5. The fourth-order valence-electron chi connectivity index (χ4n) is 2.97. The molecule has 1 aliphatic rings. The van der Waals surface area contributed by atoms with Gasteiger partial charge < -0.3 is 19.9 Å². The second kappa shape index (κ2) is 8.00. The first-order valence-corrected chi connectivity index (χ1v) is 9.08. The molecule has 29 heavy (non-hydrogen) atoms. The van der Waals surface area contributed by atoms with Crippen LogP contribution in [-0.2, 0) is 9.59 Å². The minimum absolute atomic E-state index is 0.0184. The van der Waals surface area contributed by atoms with Gasteiger partial charge in [-0.1, -0.05) is 11.6 Å². The molecule has 1 atom stereocenters. The van der Waals surface area contributed by atoms with Crippen molar-refractivity contribution in [3.63, 3.8) is 0 Å². The number of anilines is 2. The number of amides is 2. The molecule has 0 spiro atoms. The van der Waals surface area contributed by atoms with Crippen molar-refractivity contribution in [1.82, 2.24) is 0 Å². The molecule has 0 saturated carbocycles. The Morgan fingerprint density at radius 2 is 2.03 bits per heavy atom. The number of carboxylic acid groups (broad SMARTS) is 1. The minimum Gasteiger partial charge on any atom is -0.495 e. The number of hydrogen-bond acceptors (Lipinski definition) is 5. The number of ether oxygens (including phenoxy) is 2. The molecule has 0 aliphatic carbocycles. The van der Waals surface area contributed by atoms with Crippen LogP contribution < -0.4 is 19.7 Å². The molecular weight excluding hydrogens is 400 g/mol. The predicted octanol–water partition coefficient (Wildman–Crippen LogP) is 3.11. The number of methoxy groups -OCH3 is 1. The van der Waals surface area contributed by atoms with Gasteiger partial charge in [0.15, 0.2) is 6.10 Å². The monoisotopic (exact) mass is 418 g/mol. The van der Waals surface area contributed by atoms with Crippen molar-refractivity contribution in [2.24, 2.45) is 0 Å². The zero-order valence-electron chi connectivity index (χ0n) is 16.0. The average molecular weight is 419 g/mol. The molecule has 3 rings (SSSR count). The summed E-state index contributed by atoms with van der Waals surface area (Å²) < 4.78 is 10.8. The van der Waals surface area contributed by atoms with Crippen molar-refractivity contribution in [2.75, 3.05) is 23.9 Å². The van der Waals surface area contributed by atoms with Gasteiger partial charge in [0.05, 0.1) is 24.0 Å². The van der Waals surface area contributed by atoms with Crippen LogP contribution in [0.25, 0.3) is 0 Å². The van der Waals surface area contributed by atoms with Crippen molar-refractivity contribution in [1.29, 1.82) is 0 Å². The summed E-state index contributed by atoms with van der Waals surface area (Å²) in [6.07, 6.45) is -0.807. The van der Waals surface area contributed by atoms with E-state index < -0.39 is 23.9 Å². The quantitative estimate of drug-likeness (QED) is 0.773. The van der Waals surface area contributed by atoms with Gasteiger partial charge in [-0.15, -0.1) is 0 Å². The number of aryl methyl sites for hydroxylation is 1. The molecular formula is C20H19ClN2O6. The van der Waals surface area contributed by atoms with Crippen molar-refractivity contribution in [2.45, 2.75) is 20.0 Å². The van der Waals surface area contributed by atoms with Crippen LogP contribution in [0.4, 0.5) is 11.4 Å². The van der Waals surface area contributed by atoms with E-state index in [2.05, 4.69) is 5.32 Å². The molecule has 8 nitrogen and oxygen atoms in total. The van der Waals surface area contributed by atoms with E-state index in [9.17, 15) is 19.5 Å². The van der Waals surface area contributed by atoms with E-state index in [1.165, 1.54) is 30.2 Å². The lowest BCUT2D eigenvalue weighted by atomic mass is 10.1. The van der Waals surface area contributed by atoms with E-state index in [4.69, 9.17) is 21.1 Å². The molecule has 0 bridgehead atoms. The molecule has 2 amide bonds. The Morgan fingerprint density at radius 3 is 2.69 bits per heavy atom. The molecule has 152 valence electrons. The Bertz CT molecular complexity index is 1010. The lowest BCUT2D eigenvalue weighted by Crippen LogP contribution is -2.47. The standard InChI is InChI=1S/C20H19ClN2O6/c1-10-6-14(17(28-3)8-13(10)21)22-18(24)9-23-15-7-12(20(26)27)4-5-16(15)29-11(2)19(23)25/h4-8,11H,9H2,1-3H3,(H,22,24)(H,26,27). The summed E-state index contributed by atoms with van der Waals surface area (Å²) in [5.41, 5.74) is 1.36. The Kier molecular flexibility index (Phi) is 5.65. The number of nitrogens with zero attached hydrogens (tertiary/aromatic N) is 1. The van der Waals surface area contributed by atoms with Crippen molar-refractivity contribution in [3.8, 4) is 11.5 Å². The van der Waals surface area contributed by atoms with Gasteiger partial charge in [0.2, 0.25) is 5.91 Å². The molecule has 9 heteroatoms. The van der Waals surface area contributed by atoms with Gasteiger partial charge in [-0.05, 0) is 43.7 Å². The number of carbonyl (C=O) groups excluding carboxylic acids is 2. The third kappa shape index (κ3) is 4.12. The first kappa shape index (κ1) is 20.5. The summed E-state index contributed by atoms with van der Waals surface area (Å²) >= 11 is 6.08. The summed E-state index contributed by atoms with van der Waals surface area (Å²) in [6.45, 7) is 3.02. The second-order valence-electron chi connectivity index (χ2n) is 6.52. The first-order valence-electron chi connectivity index (χ1n) is 8.70. The number of hydrogen-bond donors (Lipinski definition) is 2. The molecule has 1 unspecified atom stereocenters. The van der Waals surface area contributed by atoms with Crippen molar-refractivity contribution >= 4 is 40.8 Å². The molecule has 2 aromatic rings. The van der Waals surface area contributed by atoms with Gasteiger partial charge in [0.1, 0.15) is 18.0 Å². The number of nitrogens with one attached hydrogen (secondary N) is 1. The lowest BCUT2D eigenvalue weighted by Gasteiger charge is -2.32. The zero-order chi connectivity index (χ0) is 21.3. The Balaban J connectivity index is 1.89. The van der Waals surface area contributed by atoms with Gasteiger partial charge in [0, 0.05) is 11.1 Å². The molecule has 2 N–H and O–H groups in total. The van der Waals surface area contributed by atoms with Gasteiger partial charge in [-0.3, -0.25) is 14.5 Å². The summed E-state index contributed by atoms with van der Waals surface area (Å²) in [6, 6.07) is 7.41. The number of benzene rings is 2. The van der Waals surface area contributed by atoms with E-state index in [0.717, 1.165) is 5.56 Å². The third-order valence-corrected chi connectivity index (χ3v) is 4.88. The summed E-state index contributed by atoms with van der Waals surface area (Å²) in [5.74, 6) is -1.38. The maximum absolute atomic E-state index is 12.7. The van der Waals surface area contributed by atoms with Crippen LogP contribution in [-0.4, -0.2) is 42.6 Å². The van der Waals surface area contributed by atoms with Crippen LogP contribution in [0.1, 0.15) is 22.8 Å². The fraction of sp³-hybridized carbons (Fsp3) is 0.250. The summed E-state index contributed by atoms with van der Waals surface area (Å²) in [5, 5.41) is 12.4. The highest BCUT2D eigenvalue weighted by atomic mass is 35.5. The maximum atomic E-state index is 12.7. The minimum atomic E-state index is -1.15. The van der Waals surface area contributed by atoms with Crippen LogP contribution in [0.5, 0.6) is 11.5 Å². The van der Waals surface area contributed by atoms with E-state index in [-0.39, 0.29) is 17.8 Å². The highest BCUT2D eigenvalue weighted by Gasteiger charge is 2.33. The number of aromatic carboxylic acids is 1. The largest absolute Gasteiger partial charge is 0.495 e. The summed E-state index contributed by atoms with van der Waals surface area (Å²) in [4.78, 5) is 37.8. The zero-order valence-corrected chi connectivity index (χ0v) is 16.7. The number of carbonyl (C=O) groups is 3. The van der Waals surface area contributed by atoms with Gasteiger partial charge in [0.25, 0.3) is 5.91 Å². The maximum Gasteiger partial charge on any atom is 0.335 e. The highest BCUT2D eigenvalue weighted by Crippen LogP contribution is 2.35. The molecule has 2 aromatic carbocycles. The number of carboxylic acids is 1. The van der Waals surface area contributed by atoms with E-state index in [1.54, 1.807) is 26.0 Å². The van der Waals surface area contributed by atoms with Crippen LogP contribution in [0.3, 0.4) is 0 Å². The first-order chi connectivity index (χ1) is 13.7. The molecule has 0 radical (unpaired) electrons. The predicted molar refractivity (Wildman–Crippen MR) is 107 cm³/mol. The Hall–Kier alpha value is -3.26. The van der Waals surface area contributed by atoms with Crippen LogP contribution in [0.15, 0.2) is 30.3 Å². The molecule has 0 aromatic heterocycles. The van der Waals surface area contributed by atoms with Crippen LogP contribution in [0, 0.1) is 6.92 Å². The lowest BCUT2D eigenvalue weighted by molar-refractivity contribution is -0.127. The van der Waals surface area contributed by atoms with Gasteiger partial charge in [-0.2, -0.15) is 0 Å². The van der Waals surface area contributed by atoms with Gasteiger partial charge in [-0.25, -0.2) is 4.79 Å². The molecule has 0 saturated heterocycles. The number of fused-ring (bicyclic) bond motifs is 1. The SMILES string of the molecule is COc1cc(Cl)c(C)cc1NC(=O)CN1C(=O)C(C)Oc2ccc(C(=O)O)cc21. The third-order valence-electron chi connectivity index (χ3n) is 4.47. The Morgan fingerprint density at radius 1 is 1.31 bits per heavy atom. The molecule has 0 fully saturated rings. The molecule has 1 heterocycles. The van der Waals surface area contributed by atoms with Gasteiger partial charge >= 0.3 is 5.97 Å². The fourth-order valence-corrected chi connectivity index (χ4v) is 3.12. The number of halogens is 1.